The molecule has 0 heterocycles. The molecule has 0 aromatic rings. The van der Waals surface area contributed by atoms with E-state index in [0.29, 0.717) is 6.42 Å². The van der Waals surface area contributed by atoms with E-state index in [-0.39, 0.29) is 6.54 Å². The van der Waals surface area contributed by atoms with Crippen molar-refractivity contribution in [1.82, 2.24) is 0 Å². The van der Waals surface area contributed by atoms with Gasteiger partial charge in [-0.1, -0.05) is 44.8 Å². The molecule has 150 valence electrons. The molecule has 0 amide bonds. The highest BCUT2D eigenvalue weighted by atomic mass is 16.4. The van der Waals surface area contributed by atoms with Crippen molar-refractivity contribution >= 4 is 17.9 Å². The molecule has 0 radical (unpaired) electrons. The first kappa shape index (κ1) is 24.1. The molecule has 0 saturated carbocycles. The minimum Gasteiger partial charge on any atom is -0.477 e. The van der Waals surface area contributed by atoms with Gasteiger partial charge in [-0.05, 0) is 32.1 Å². The van der Waals surface area contributed by atoms with Crippen LogP contribution < -0.4 is 0 Å². The summed E-state index contributed by atoms with van der Waals surface area (Å²) in [7, 11) is 0. The van der Waals surface area contributed by atoms with Crippen LogP contribution in [0.3, 0.4) is 0 Å². The predicted octanol–water partition coefficient (Wildman–Crippen LogP) is 3.14. The minimum atomic E-state index is -1.18. The van der Waals surface area contributed by atoms with E-state index in [2.05, 4.69) is 19.1 Å². The molecule has 0 unspecified atom stereocenters. The first-order valence-corrected chi connectivity index (χ1v) is 9.47. The molecule has 7 nitrogen and oxygen atoms in total. The number of carboxylic acids is 3. The highest BCUT2D eigenvalue weighted by molar-refractivity contribution is 5.73. The molecule has 0 aliphatic carbocycles. The third-order valence-electron chi connectivity index (χ3n) is 4.31. The number of unbranched alkanes of at least 4 members (excludes halogenated alkanes) is 7. The Morgan fingerprint density at radius 2 is 1.12 bits per heavy atom. The second-order valence-electron chi connectivity index (χ2n) is 6.89. The van der Waals surface area contributed by atoms with E-state index in [9.17, 15) is 14.4 Å². The topological polar surface area (TPSA) is 112 Å². The molecule has 0 rings (SSSR count). The predicted molar refractivity (Wildman–Crippen MR) is 99.0 cm³/mol. The van der Waals surface area contributed by atoms with Crippen molar-refractivity contribution in [3.63, 3.8) is 0 Å². The van der Waals surface area contributed by atoms with Crippen LogP contribution in [0, 0.1) is 0 Å². The van der Waals surface area contributed by atoms with Crippen molar-refractivity contribution in [2.24, 2.45) is 0 Å². The third kappa shape index (κ3) is 13.4. The van der Waals surface area contributed by atoms with Gasteiger partial charge in [0.05, 0.1) is 6.54 Å². The lowest BCUT2D eigenvalue weighted by Crippen LogP contribution is -2.57. The molecule has 0 aliphatic heterocycles. The Kier molecular flexibility index (Phi) is 13.3. The fourth-order valence-corrected chi connectivity index (χ4v) is 3.06. The number of allylic oxidation sites excluding steroid dienone is 2. The Hall–Kier alpha value is -1.89. The molecule has 0 fully saturated rings. The minimum absolute atomic E-state index is 0.252. The number of carboxylic acid groups (broad SMARTS) is 3. The van der Waals surface area contributed by atoms with Gasteiger partial charge in [0, 0.05) is 0 Å². The molecule has 26 heavy (non-hydrogen) atoms. The summed E-state index contributed by atoms with van der Waals surface area (Å²) >= 11 is 0. The summed E-state index contributed by atoms with van der Waals surface area (Å²) in [6.07, 6.45) is 13.7. The van der Waals surface area contributed by atoms with Gasteiger partial charge in [-0.15, -0.1) is 0 Å². The maximum Gasteiger partial charge on any atom is 0.359 e. The van der Waals surface area contributed by atoms with E-state index in [1.165, 1.54) is 12.8 Å². The summed E-state index contributed by atoms with van der Waals surface area (Å²) < 4.78 is -0.444. The van der Waals surface area contributed by atoms with Crippen LogP contribution in [0.5, 0.6) is 0 Å². The van der Waals surface area contributed by atoms with Crippen molar-refractivity contribution in [1.29, 1.82) is 0 Å². The number of hydrogen-bond acceptors (Lipinski definition) is 3. The Morgan fingerprint density at radius 1 is 0.692 bits per heavy atom. The van der Waals surface area contributed by atoms with Crippen LogP contribution >= 0.6 is 0 Å². The van der Waals surface area contributed by atoms with Crippen molar-refractivity contribution < 1.29 is 34.2 Å². The highest BCUT2D eigenvalue weighted by Gasteiger charge is 2.35. The molecular formula is C19H34NO6+. The Balaban J connectivity index is 4.23. The molecule has 0 spiro atoms. The lowest BCUT2D eigenvalue weighted by Gasteiger charge is -2.34. The zero-order chi connectivity index (χ0) is 19.8. The fraction of sp³-hybridized carbons (Fsp3) is 0.737. The maximum absolute atomic E-state index is 11.1. The fourth-order valence-electron chi connectivity index (χ4n) is 3.06. The maximum atomic E-state index is 11.1. The van der Waals surface area contributed by atoms with Gasteiger partial charge in [-0.3, -0.25) is 4.48 Å². The third-order valence-corrected chi connectivity index (χ3v) is 4.31. The van der Waals surface area contributed by atoms with E-state index >= 15 is 0 Å². The number of hydrogen-bond donors (Lipinski definition) is 3. The second kappa shape index (κ2) is 14.3. The van der Waals surface area contributed by atoms with Crippen molar-refractivity contribution in [3.8, 4) is 0 Å². The van der Waals surface area contributed by atoms with E-state index in [1.807, 2.05) is 0 Å². The standard InChI is InChI=1S/C19H33NO6/c1-2-3-4-5-6-7-8-9-10-11-12-13-20(14-17(21)22,15-18(23)24)16-19(25)26/h5-6H,2-4,7-16H2,1H3,(H2-,21,22,23,24,25,26)/p+1/b6-5+. The first-order valence-electron chi connectivity index (χ1n) is 9.47. The van der Waals surface area contributed by atoms with Crippen LogP contribution in [0.2, 0.25) is 0 Å². The molecule has 0 atom stereocenters. The van der Waals surface area contributed by atoms with Crippen LogP contribution in [0.1, 0.15) is 64.7 Å². The van der Waals surface area contributed by atoms with Gasteiger partial charge in [0.15, 0.2) is 19.6 Å². The number of rotatable bonds is 17. The number of quaternary nitrogens is 1. The lowest BCUT2D eigenvalue weighted by atomic mass is 10.1. The SMILES string of the molecule is CCCC/C=C/CCCCCCC[N+](CC(=O)O)(CC(=O)O)CC(=O)O. The molecule has 0 aromatic carbocycles. The zero-order valence-electron chi connectivity index (χ0n) is 15.9. The van der Waals surface area contributed by atoms with E-state index in [1.54, 1.807) is 0 Å². The van der Waals surface area contributed by atoms with Gasteiger partial charge in [-0.25, -0.2) is 14.4 Å². The van der Waals surface area contributed by atoms with Gasteiger partial charge in [0.25, 0.3) is 0 Å². The molecule has 0 bridgehead atoms. The zero-order valence-corrected chi connectivity index (χ0v) is 15.9. The summed E-state index contributed by atoms with van der Waals surface area (Å²) in [4.78, 5) is 33.2. The quantitative estimate of drug-likeness (QED) is 0.205. The average molecular weight is 372 g/mol. The van der Waals surface area contributed by atoms with E-state index in [4.69, 9.17) is 15.3 Å². The van der Waals surface area contributed by atoms with Gasteiger partial charge in [0.1, 0.15) is 0 Å². The monoisotopic (exact) mass is 372 g/mol. The van der Waals surface area contributed by atoms with Gasteiger partial charge >= 0.3 is 17.9 Å². The van der Waals surface area contributed by atoms with Crippen LogP contribution in [-0.4, -0.2) is 63.9 Å². The van der Waals surface area contributed by atoms with Gasteiger partial charge in [0.2, 0.25) is 0 Å². The molecular weight excluding hydrogens is 338 g/mol. The summed E-state index contributed by atoms with van der Waals surface area (Å²) in [6, 6.07) is 0. The average Bonchev–Trinajstić information content (AvgIpc) is 2.50. The smallest absolute Gasteiger partial charge is 0.359 e. The summed E-state index contributed by atoms with van der Waals surface area (Å²) in [5.41, 5.74) is 0. The van der Waals surface area contributed by atoms with Crippen LogP contribution in [-0.2, 0) is 14.4 Å². The largest absolute Gasteiger partial charge is 0.477 e. The molecule has 0 aromatic heterocycles. The van der Waals surface area contributed by atoms with E-state index < -0.39 is 42.0 Å². The van der Waals surface area contributed by atoms with Crippen molar-refractivity contribution in [3.05, 3.63) is 12.2 Å². The Morgan fingerprint density at radius 3 is 1.58 bits per heavy atom. The number of nitrogens with zero attached hydrogens (tertiary/aromatic N) is 1. The second-order valence-corrected chi connectivity index (χ2v) is 6.89. The first-order chi connectivity index (χ1) is 12.3. The summed E-state index contributed by atoms with van der Waals surface area (Å²) in [5.74, 6) is -3.54. The molecule has 3 N–H and O–H groups in total. The van der Waals surface area contributed by atoms with Crippen LogP contribution in [0.4, 0.5) is 0 Å². The van der Waals surface area contributed by atoms with Crippen LogP contribution in [0.25, 0.3) is 0 Å². The van der Waals surface area contributed by atoms with Crippen molar-refractivity contribution in [2.75, 3.05) is 26.2 Å². The molecule has 0 saturated heterocycles. The lowest BCUT2D eigenvalue weighted by molar-refractivity contribution is -0.907. The van der Waals surface area contributed by atoms with E-state index in [0.717, 1.165) is 38.5 Å². The number of aliphatic carboxylic acids is 3. The normalized spacial score (nSPS) is 11.7. The van der Waals surface area contributed by atoms with Gasteiger partial charge < -0.3 is 15.3 Å². The summed E-state index contributed by atoms with van der Waals surface area (Å²) in [5, 5.41) is 27.1. The van der Waals surface area contributed by atoms with Crippen LogP contribution in [0.15, 0.2) is 12.2 Å². The Labute approximate surface area is 155 Å². The highest BCUT2D eigenvalue weighted by Crippen LogP contribution is 2.13. The summed E-state index contributed by atoms with van der Waals surface area (Å²) in [6.45, 7) is 0.968. The van der Waals surface area contributed by atoms with Gasteiger partial charge in [-0.2, -0.15) is 0 Å². The molecule has 0 aliphatic rings. The number of carbonyl (C=O) groups is 3. The Bertz CT molecular complexity index is 420. The molecule has 7 heteroatoms. The van der Waals surface area contributed by atoms with Crippen molar-refractivity contribution in [2.45, 2.75) is 64.7 Å².